The highest BCUT2D eigenvalue weighted by atomic mass is 79.9. The second-order valence-electron chi connectivity index (χ2n) is 4.91. The number of fused-ring (bicyclic) bond motifs is 3. The Morgan fingerprint density at radius 2 is 2.12 bits per heavy atom. The van der Waals surface area contributed by atoms with Crippen molar-refractivity contribution < 1.29 is 0 Å². The lowest BCUT2D eigenvalue weighted by molar-refractivity contribution is 0.0825. The lowest BCUT2D eigenvalue weighted by Crippen LogP contribution is -2.49. The Bertz CT molecular complexity index is 405. The quantitative estimate of drug-likeness (QED) is 0.720. The van der Waals surface area contributed by atoms with Crippen molar-refractivity contribution in [3.05, 3.63) is 33.8 Å². The predicted octanol–water partition coefficient (Wildman–Crippen LogP) is 2.29. The number of hydrogen-bond acceptors (Lipinski definition) is 2. The summed E-state index contributed by atoms with van der Waals surface area (Å²) >= 11 is 3.59. The lowest BCUT2D eigenvalue weighted by atomic mass is 9.91. The van der Waals surface area contributed by atoms with Crippen LogP contribution in [-0.4, -0.2) is 43.0 Å². The third kappa shape index (κ3) is 1.81. The molecule has 2 aliphatic heterocycles. The SMILES string of the molecule is CN1CCN2CCc3ccc(Br)cc3[C@@H]2C1. The highest BCUT2D eigenvalue weighted by Gasteiger charge is 2.31. The molecule has 86 valence electrons. The van der Waals surface area contributed by atoms with Crippen molar-refractivity contribution in [2.24, 2.45) is 0 Å². The molecule has 0 aromatic heterocycles. The van der Waals surface area contributed by atoms with Crippen LogP contribution in [0, 0.1) is 0 Å². The molecule has 0 N–H and O–H groups in total. The van der Waals surface area contributed by atoms with Crippen LogP contribution in [0.1, 0.15) is 17.2 Å². The van der Waals surface area contributed by atoms with Gasteiger partial charge in [0.05, 0.1) is 0 Å². The highest BCUT2D eigenvalue weighted by molar-refractivity contribution is 9.10. The summed E-state index contributed by atoms with van der Waals surface area (Å²) in [6.07, 6.45) is 1.21. The second kappa shape index (κ2) is 4.13. The van der Waals surface area contributed by atoms with Crippen LogP contribution in [0.5, 0.6) is 0 Å². The summed E-state index contributed by atoms with van der Waals surface area (Å²) in [5, 5.41) is 0. The molecular weight excluding hydrogens is 264 g/mol. The summed E-state index contributed by atoms with van der Waals surface area (Å²) in [5.41, 5.74) is 3.08. The second-order valence-corrected chi connectivity index (χ2v) is 5.82. The average molecular weight is 281 g/mol. The van der Waals surface area contributed by atoms with Gasteiger partial charge in [-0.1, -0.05) is 22.0 Å². The van der Waals surface area contributed by atoms with Crippen molar-refractivity contribution in [3.8, 4) is 0 Å². The summed E-state index contributed by atoms with van der Waals surface area (Å²) in [4.78, 5) is 5.08. The van der Waals surface area contributed by atoms with Gasteiger partial charge >= 0.3 is 0 Å². The lowest BCUT2D eigenvalue weighted by Gasteiger charge is -2.43. The Labute approximate surface area is 105 Å². The van der Waals surface area contributed by atoms with Gasteiger partial charge in [-0.25, -0.2) is 0 Å². The zero-order valence-corrected chi connectivity index (χ0v) is 11.2. The van der Waals surface area contributed by atoms with Gasteiger partial charge in [0.15, 0.2) is 0 Å². The normalized spacial score (nSPS) is 26.2. The predicted molar refractivity (Wildman–Crippen MR) is 69.7 cm³/mol. The first kappa shape index (κ1) is 10.8. The molecule has 0 aliphatic carbocycles. The number of benzene rings is 1. The molecule has 1 aromatic rings. The van der Waals surface area contributed by atoms with Crippen molar-refractivity contribution in [2.75, 3.05) is 33.2 Å². The minimum atomic E-state index is 0.611. The van der Waals surface area contributed by atoms with E-state index in [0.29, 0.717) is 6.04 Å². The van der Waals surface area contributed by atoms with Crippen molar-refractivity contribution in [1.82, 2.24) is 9.80 Å². The molecule has 0 spiro atoms. The first-order valence-electron chi connectivity index (χ1n) is 5.95. The van der Waals surface area contributed by atoms with Gasteiger partial charge in [0.2, 0.25) is 0 Å². The first-order chi connectivity index (χ1) is 7.74. The molecule has 2 heterocycles. The minimum Gasteiger partial charge on any atom is -0.303 e. The fraction of sp³-hybridized carbons (Fsp3) is 0.538. The maximum absolute atomic E-state index is 3.59. The van der Waals surface area contributed by atoms with E-state index in [1.807, 2.05) is 0 Å². The molecule has 1 atom stereocenters. The van der Waals surface area contributed by atoms with Gasteiger partial charge in [0.1, 0.15) is 0 Å². The van der Waals surface area contributed by atoms with Crippen molar-refractivity contribution in [1.29, 1.82) is 0 Å². The highest BCUT2D eigenvalue weighted by Crippen LogP contribution is 2.33. The van der Waals surface area contributed by atoms with Gasteiger partial charge in [0.25, 0.3) is 0 Å². The standard InChI is InChI=1S/C13H17BrN2/c1-15-6-7-16-5-4-10-2-3-11(14)8-12(10)13(16)9-15/h2-3,8,13H,4-7,9H2,1H3/t13-/m0/s1. The molecule has 1 fully saturated rings. The molecule has 1 saturated heterocycles. The molecule has 3 heteroatoms. The molecule has 0 unspecified atom stereocenters. The third-order valence-corrected chi connectivity index (χ3v) is 4.32. The zero-order chi connectivity index (χ0) is 11.1. The Morgan fingerprint density at radius 1 is 1.25 bits per heavy atom. The van der Waals surface area contributed by atoms with Crippen LogP contribution in [0.4, 0.5) is 0 Å². The van der Waals surface area contributed by atoms with E-state index >= 15 is 0 Å². The van der Waals surface area contributed by atoms with Crippen LogP contribution in [-0.2, 0) is 6.42 Å². The van der Waals surface area contributed by atoms with Gasteiger partial charge in [-0.05, 0) is 36.7 Å². The van der Waals surface area contributed by atoms with Crippen LogP contribution < -0.4 is 0 Å². The van der Waals surface area contributed by atoms with E-state index in [-0.39, 0.29) is 0 Å². The summed E-state index contributed by atoms with van der Waals surface area (Å²) in [6, 6.07) is 7.37. The number of halogens is 1. The van der Waals surface area contributed by atoms with Crippen molar-refractivity contribution in [3.63, 3.8) is 0 Å². The van der Waals surface area contributed by atoms with E-state index in [2.05, 4.69) is 51.0 Å². The zero-order valence-electron chi connectivity index (χ0n) is 9.62. The summed E-state index contributed by atoms with van der Waals surface area (Å²) in [5.74, 6) is 0. The maximum atomic E-state index is 3.59. The minimum absolute atomic E-state index is 0.611. The van der Waals surface area contributed by atoms with Crippen LogP contribution in [0.2, 0.25) is 0 Å². The fourth-order valence-corrected chi connectivity index (χ4v) is 3.27. The van der Waals surface area contributed by atoms with Crippen LogP contribution in [0.3, 0.4) is 0 Å². The van der Waals surface area contributed by atoms with Gasteiger partial charge < -0.3 is 4.90 Å². The van der Waals surface area contributed by atoms with Gasteiger partial charge in [-0.3, -0.25) is 4.90 Å². The van der Waals surface area contributed by atoms with E-state index in [1.54, 1.807) is 5.56 Å². The number of piperazine rings is 1. The first-order valence-corrected chi connectivity index (χ1v) is 6.74. The van der Waals surface area contributed by atoms with Gasteiger partial charge in [-0.15, -0.1) is 0 Å². The van der Waals surface area contributed by atoms with Crippen LogP contribution >= 0.6 is 15.9 Å². The molecular formula is C13H17BrN2. The summed E-state index contributed by atoms with van der Waals surface area (Å²) in [6.45, 7) is 4.82. The van der Waals surface area contributed by atoms with E-state index in [9.17, 15) is 0 Å². The summed E-state index contributed by atoms with van der Waals surface area (Å²) < 4.78 is 1.21. The molecule has 0 amide bonds. The molecule has 0 bridgehead atoms. The Morgan fingerprint density at radius 3 is 3.00 bits per heavy atom. The van der Waals surface area contributed by atoms with Crippen molar-refractivity contribution in [2.45, 2.75) is 12.5 Å². The van der Waals surface area contributed by atoms with Gasteiger partial charge in [0, 0.05) is 36.7 Å². The van der Waals surface area contributed by atoms with E-state index in [0.717, 1.165) is 0 Å². The molecule has 1 aromatic carbocycles. The molecule has 2 nitrogen and oxygen atoms in total. The van der Waals surface area contributed by atoms with Crippen LogP contribution in [0.15, 0.2) is 22.7 Å². The van der Waals surface area contributed by atoms with Crippen LogP contribution in [0.25, 0.3) is 0 Å². The molecule has 0 radical (unpaired) electrons. The smallest absolute Gasteiger partial charge is 0.0478 e. The largest absolute Gasteiger partial charge is 0.303 e. The maximum Gasteiger partial charge on any atom is 0.0478 e. The number of nitrogens with zero attached hydrogens (tertiary/aromatic N) is 2. The summed E-state index contributed by atoms with van der Waals surface area (Å²) in [7, 11) is 2.23. The monoisotopic (exact) mass is 280 g/mol. The van der Waals surface area contributed by atoms with E-state index < -0.39 is 0 Å². The average Bonchev–Trinajstić information content (AvgIpc) is 2.29. The molecule has 0 saturated carbocycles. The fourth-order valence-electron chi connectivity index (χ4n) is 2.89. The molecule has 2 aliphatic rings. The molecule has 3 rings (SSSR count). The molecule has 16 heavy (non-hydrogen) atoms. The Kier molecular flexibility index (Phi) is 2.78. The Hall–Kier alpha value is -0.380. The van der Waals surface area contributed by atoms with Crippen molar-refractivity contribution >= 4 is 15.9 Å². The number of rotatable bonds is 0. The van der Waals surface area contributed by atoms with E-state index in [1.165, 1.54) is 42.6 Å². The number of hydrogen-bond donors (Lipinski definition) is 0. The number of likely N-dealkylation sites (N-methyl/N-ethyl adjacent to an activating group) is 1. The topological polar surface area (TPSA) is 6.48 Å². The third-order valence-electron chi connectivity index (χ3n) is 3.83. The van der Waals surface area contributed by atoms with Gasteiger partial charge in [-0.2, -0.15) is 0 Å². The van der Waals surface area contributed by atoms with E-state index in [4.69, 9.17) is 0 Å². The Balaban J connectivity index is 1.99.